The van der Waals surface area contributed by atoms with Crippen LogP contribution in [-0.4, -0.2) is 15.9 Å². The second-order valence-corrected chi connectivity index (χ2v) is 6.06. The highest BCUT2D eigenvalue weighted by Crippen LogP contribution is 2.20. The lowest BCUT2D eigenvalue weighted by atomic mass is 10.1. The average molecular weight is 352 g/mol. The summed E-state index contributed by atoms with van der Waals surface area (Å²) in [7, 11) is 0. The fraction of sp³-hybridized carbons (Fsp3) is 0.150. The smallest absolute Gasteiger partial charge is 0.229 e. The van der Waals surface area contributed by atoms with Gasteiger partial charge in [0.25, 0.3) is 0 Å². The summed E-state index contributed by atoms with van der Waals surface area (Å²) in [6, 6.07) is 17.1. The Morgan fingerprint density at radius 3 is 2.48 bits per heavy atom. The predicted molar refractivity (Wildman–Crippen MR) is 101 cm³/mol. The van der Waals surface area contributed by atoms with E-state index >= 15 is 0 Å². The van der Waals surface area contributed by atoms with E-state index < -0.39 is 0 Å². The summed E-state index contributed by atoms with van der Waals surface area (Å²) in [4.78, 5) is 21.3. The third kappa shape index (κ3) is 4.43. The fourth-order valence-electron chi connectivity index (χ4n) is 2.49. The van der Waals surface area contributed by atoms with Crippen molar-refractivity contribution in [1.29, 1.82) is 0 Å². The van der Waals surface area contributed by atoms with Gasteiger partial charge in [0.15, 0.2) is 5.82 Å². The Morgan fingerprint density at radius 1 is 1.08 bits per heavy atom. The highest BCUT2D eigenvalue weighted by Gasteiger charge is 2.11. The third-order valence-electron chi connectivity index (χ3n) is 3.78. The number of aryl methyl sites for hydroxylation is 1. The maximum Gasteiger partial charge on any atom is 0.229 e. The van der Waals surface area contributed by atoms with E-state index in [0.29, 0.717) is 17.3 Å². The Kier molecular flexibility index (Phi) is 5.41. The van der Waals surface area contributed by atoms with Gasteiger partial charge >= 0.3 is 0 Å². The molecule has 1 aromatic heterocycles. The second kappa shape index (κ2) is 7.90. The molecule has 3 rings (SSSR count). The monoisotopic (exact) mass is 351 g/mol. The minimum Gasteiger partial charge on any atom is -0.309 e. The molecule has 5 heteroatoms. The van der Waals surface area contributed by atoms with Crippen LogP contribution >= 0.6 is 11.6 Å². The van der Waals surface area contributed by atoms with Gasteiger partial charge in [-0.25, -0.2) is 9.97 Å². The van der Waals surface area contributed by atoms with E-state index in [-0.39, 0.29) is 12.3 Å². The van der Waals surface area contributed by atoms with Gasteiger partial charge in [0.05, 0.1) is 24.0 Å². The van der Waals surface area contributed by atoms with Gasteiger partial charge in [0, 0.05) is 10.6 Å². The first-order valence-electron chi connectivity index (χ1n) is 8.11. The Balaban J connectivity index is 1.75. The summed E-state index contributed by atoms with van der Waals surface area (Å²) < 4.78 is 0. The van der Waals surface area contributed by atoms with Crippen molar-refractivity contribution in [2.75, 3.05) is 5.32 Å². The van der Waals surface area contributed by atoms with Crippen molar-refractivity contribution < 1.29 is 4.79 Å². The van der Waals surface area contributed by atoms with Crippen LogP contribution in [0.15, 0.2) is 60.8 Å². The van der Waals surface area contributed by atoms with Gasteiger partial charge in [0.2, 0.25) is 5.91 Å². The van der Waals surface area contributed by atoms with E-state index in [2.05, 4.69) is 15.3 Å². The van der Waals surface area contributed by atoms with Crippen molar-refractivity contribution >= 4 is 23.3 Å². The first-order chi connectivity index (χ1) is 12.2. The van der Waals surface area contributed by atoms with E-state index in [1.807, 2.05) is 49.4 Å². The van der Waals surface area contributed by atoms with Crippen molar-refractivity contribution in [2.24, 2.45) is 0 Å². The lowest BCUT2D eigenvalue weighted by molar-refractivity contribution is -0.115. The zero-order valence-corrected chi connectivity index (χ0v) is 14.6. The molecule has 4 nitrogen and oxygen atoms in total. The molecule has 3 aromatic rings. The molecule has 2 aromatic carbocycles. The third-order valence-corrected chi connectivity index (χ3v) is 4.04. The number of rotatable bonds is 5. The van der Waals surface area contributed by atoms with Crippen LogP contribution in [0, 0.1) is 0 Å². The standard InChI is InChI=1S/C20H18ClN3O/c1-2-17-20(22-13-18(23-17)15-6-4-3-5-7-15)24-19(25)12-14-8-10-16(21)11-9-14/h3-11,13H,2,12H2,1H3,(H,22,24,25). The zero-order valence-electron chi connectivity index (χ0n) is 13.9. The topological polar surface area (TPSA) is 54.9 Å². The predicted octanol–water partition coefficient (Wildman–Crippen LogP) is 4.54. The lowest BCUT2D eigenvalue weighted by Gasteiger charge is -2.10. The summed E-state index contributed by atoms with van der Waals surface area (Å²) in [5.41, 5.74) is 3.47. The molecule has 0 bridgehead atoms. The molecule has 0 saturated carbocycles. The average Bonchev–Trinajstić information content (AvgIpc) is 2.64. The van der Waals surface area contributed by atoms with Crippen molar-refractivity contribution in [1.82, 2.24) is 9.97 Å². The molecule has 1 N–H and O–H groups in total. The number of carbonyl (C=O) groups excluding carboxylic acids is 1. The quantitative estimate of drug-likeness (QED) is 0.734. The molecule has 0 radical (unpaired) electrons. The number of anilines is 1. The molecular formula is C20H18ClN3O. The Labute approximate surface area is 151 Å². The van der Waals surface area contributed by atoms with Gasteiger partial charge in [-0.2, -0.15) is 0 Å². The summed E-state index contributed by atoms with van der Waals surface area (Å²) in [5, 5.41) is 3.51. The van der Waals surface area contributed by atoms with E-state index in [9.17, 15) is 4.79 Å². The van der Waals surface area contributed by atoms with Crippen LogP contribution < -0.4 is 5.32 Å². The van der Waals surface area contributed by atoms with Crippen LogP contribution in [-0.2, 0) is 17.6 Å². The first kappa shape index (κ1) is 17.1. The number of hydrogen-bond acceptors (Lipinski definition) is 3. The van der Waals surface area contributed by atoms with E-state index in [1.165, 1.54) is 0 Å². The minimum absolute atomic E-state index is 0.126. The Hall–Kier alpha value is -2.72. The Bertz CT molecular complexity index is 864. The van der Waals surface area contributed by atoms with E-state index in [0.717, 1.165) is 22.5 Å². The molecule has 25 heavy (non-hydrogen) atoms. The van der Waals surface area contributed by atoms with Crippen LogP contribution in [0.5, 0.6) is 0 Å². The zero-order chi connectivity index (χ0) is 17.6. The van der Waals surface area contributed by atoms with Gasteiger partial charge in [-0.3, -0.25) is 4.79 Å². The number of benzene rings is 2. The van der Waals surface area contributed by atoms with Crippen LogP contribution in [0.25, 0.3) is 11.3 Å². The number of hydrogen-bond donors (Lipinski definition) is 1. The molecule has 0 aliphatic carbocycles. The van der Waals surface area contributed by atoms with Crippen LogP contribution in [0.4, 0.5) is 5.82 Å². The number of amides is 1. The van der Waals surface area contributed by atoms with Gasteiger partial charge in [-0.05, 0) is 24.1 Å². The number of carbonyl (C=O) groups is 1. The highest BCUT2D eigenvalue weighted by atomic mass is 35.5. The van der Waals surface area contributed by atoms with Crippen molar-refractivity contribution in [3.05, 3.63) is 77.1 Å². The molecule has 1 amide bonds. The van der Waals surface area contributed by atoms with Crippen molar-refractivity contribution in [3.8, 4) is 11.3 Å². The lowest BCUT2D eigenvalue weighted by Crippen LogP contribution is -2.17. The summed E-state index contributed by atoms with van der Waals surface area (Å²) in [6.07, 6.45) is 2.64. The van der Waals surface area contributed by atoms with Crippen LogP contribution in [0.2, 0.25) is 5.02 Å². The maximum atomic E-state index is 12.3. The number of nitrogens with one attached hydrogen (secondary N) is 1. The fourth-order valence-corrected chi connectivity index (χ4v) is 2.62. The molecule has 0 fully saturated rings. The molecule has 0 spiro atoms. The van der Waals surface area contributed by atoms with Crippen LogP contribution in [0.1, 0.15) is 18.2 Å². The molecule has 0 atom stereocenters. The maximum absolute atomic E-state index is 12.3. The number of nitrogens with zero attached hydrogens (tertiary/aromatic N) is 2. The van der Waals surface area contributed by atoms with E-state index in [4.69, 9.17) is 11.6 Å². The summed E-state index contributed by atoms with van der Waals surface area (Å²) >= 11 is 5.86. The number of halogens is 1. The molecule has 126 valence electrons. The largest absolute Gasteiger partial charge is 0.309 e. The van der Waals surface area contributed by atoms with Crippen molar-refractivity contribution in [2.45, 2.75) is 19.8 Å². The van der Waals surface area contributed by atoms with Crippen LogP contribution in [0.3, 0.4) is 0 Å². The Morgan fingerprint density at radius 2 is 1.80 bits per heavy atom. The van der Waals surface area contributed by atoms with Gasteiger partial charge in [-0.15, -0.1) is 0 Å². The van der Waals surface area contributed by atoms with Crippen molar-refractivity contribution in [3.63, 3.8) is 0 Å². The summed E-state index contributed by atoms with van der Waals surface area (Å²) in [5.74, 6) is 0.389. The van der Waals surface area contributed by atoms with E-state index in [1.54, 1.807) is 18.3 Å². The summed E-state index contributed by atoms with van der Waals surface area (Å²) in [6.45, 7) is 1.99. The molecule has 1 heterocycles. The van der Waals surface area contributed by atoms with Gasteiger partial charge < -0.3 is 5.32 Å². The van der Waals surface area contributed by atoms with Gasteiger partial charge in [0.1, 0.15) is 0 Å². The molecule has 0 aliphatic rings. The molecular weight excluding hydrogens is 334 g/mol. The molecule has 0 aliphatic heterocycles. The second-order valence-electron chi connectivity index (χ2n) is 5.62. The normalized spacial score (nSPS) is 10.5. The SMILES string of the molecule is CCc1nc(-c2ccccc2)cnc1NC(=O)Cc1ccc(Cl)cc1. The first-order valence-corrected chi connectivity index (χ1v) is 8.49. The minimum atomic E-state index is -0.126. The highest BCUT2D eigenvalue weighted by molar-refractivity contribution is 6.30. The molecule has 0 unspecified atom stereocenters. The van der Waals surface area contributed by atoms with Gasteiger partial charge in [-0.1, -0.05) is 61.0 Å². The molecule has 0 saturated heterocycles. The number of aromatic nitrogens is 2.